The number of aromatic nitrogens is 4. The molecule has 1 N–H and O–H groups in total. The van der Waals surface area contributed by atoms with Crippen LogP contribution in [0.2, 0.25) is 5.02 Å². The zero-order valence-corrected chi connectivity index (χ0v) is 16.0. The first-order chi connectivity index (χ1) is 14.5. The fourth-order valence-corrected chi connectivity index (χ4v) is 2.96. The van der Waals surface area contributed by atoms with Crippen LogP contribution in [0.1, 0.15) is 0 Å². The van der Waals surface area contributed by atoms with E-state index in [4.69, 9.17) is 16.3 Å². The van der Waals surface area contributed by atoms with Gasteiger partial charge in [-0.25, -0.2) is 14.6 Å². The van der Waals surface area contributed by atoms with Gasteiger partial charge in [-0.05, 0) is 18.2 Å². The molecule has 0 saturated heterocycles. The molecule has 1 amide bonds. The van der Waals surface area contributed by atoms with Crippen LogP contribution in [0, 0.1) is 10.1 Å². The summed E-state index contributed by atoms with van der Waals surface area (Å²) >= 11 is 5.98. The second-order valence-electron chi connectivity index (χ2n) is 6.07. The number of hydrogen-bond donors (Lipinski definition) is 1. The van der Waals surface area contributed by atoms with Gasteiger partial charge in [0.25, 0.3) is 11.6 Å². The van der Waals surface area contributed by atoms with Crippen molar-refractivity contribution in [2.75, 3.05) is 11.9 Å². The Bertz CT molecular complexity index is 1240. The zero-order chi connectivity index (χ0) is 21.1. The summed E-state index contributed by atoms with van der Waals surface area (Å²) in [4.78, 5) is 30.7. The van der Waals surface area contributed by atoms with Crippen LogP contribution < -0.4 is 10.1 Å². The number of carbonyl (C=O) groups excluding carboxylic acids is 1. The molecule has 0 aliphatic rings. The summed E-state index contributed by atoms with van der Waals surface area (Å²) < 4.78 is 7.18. The molecule has 30 heavy (non-hydrogen) atoms. The Morgan fingerprint density at radius 2 is 2.00 bits per heavy atom. The van der Waals surface area contributed by atoms with Crippen LogP contribution in [0.25, 0.3) is 16.7 Å². The number of amides is 1. The highest BCUT2D eigenvalue weighted by molar-refractivity contribution is 6.34. The predicted molar refractivity (Wildman–Crippen MR) is 109 cm³/mol. The number of benzene rings is 2. The minimum atomic E-state index is -0.573. The van der Waals surface area contributed by atoms with E-state index in [9.17, 15) is 14.9 Å². The summed E-state index contributed by atoms with van der Waals surface area (Å²) in [5.41, 5.74) is 1.42. The Balaban J connectivity index is 1.48. The van der Waals surface area contributed by atoms with E-state index in [0.717, 1.165) is 11.8 Å². The number of carbonyl (C=O) groups is 1. The lowest BCUT2D eigenvalue weighted by Crippen LogP contribution is -2.20. The highest BCUT2D eigenvalue weighted by atomic mass is 35.5. The van der Waals surface area contributed by atoms with Gasteiger partial charge in [-0.15, -0.1) is 0 Å². The molecule has 2 aromatic heterocycles. The Labute approximate surface area is 174 Å². The fourth-order valence-electron chi connectivity index (χ4n) is 2.73. The lowest BCUT2D eigenvalue weighted by atomic mass is 10.3. The average molecular weight is 425 g/mol. The minimum absolute atomic E-state index is 0.0473. The highest BCUT2D eigenvalue weighted by Gasteiger charge is 2.15. The van der Waals surface area contributed by atoms with Crippen molar-refractivity contribution in [3.05, 3.63) is 76.2 Å². The average Bonchev–Trinajstić information content (AvgIpc) is 3.19. The maximum atomic E-state index is 12.2. The smallest absolute Gasteiger partial charge is 0.271 e. The number of rotatable bonds is 6. The molecule has 0 aliphatic heterocycles. The minimum Gasteiger partial charge on any atom is -0.467 e. The first-order valence-electron chi connectivity index (χ1n) is 8.63. The first kappa shape index (κ1) is 19.3. The summed E-state index contributed by atoms with van der Waals surface area (Å²) in [6, 6.07) is 13.2. The van der Waals surface area contributed by atoms with Gasteiger partial charge in [0.1, 0.15) is 11.7 Å². The third-order valence-electron chi connectivity index (χ3n) is 4.11. The number of ether oxygens (including phenoxy) is 1. The molecular weight excluding hydrogens is 412 g/mol. The summed E-state index contributed by atoms with van der Waals surface area (Å²) in [5.74, 6) is -0.305. The van der Waals surface area contributed by atoms with E-state index < -0.39 is 10.8 Å². The van der Waals surface area contributed by atoms with Gasteiger partial charge in [-0.1, -0.05) is 29.8 Å². The SMILES string of the molecule is O=C(COc1ncnc2c1cnn2-c1ccccc1)Nc1ccc([N+](=O)[O-])cc1Cl. The van der Waals surface area contributed by atoms with Crippen molar-refractivity contribution in [3.63, 3.8) is 0 Å². The van der Waals surface area contributed by atoms with E-state index >= 15 is 0 Å². The van der Waals surface area contributed by atoms with Crippen LogP contribution in [-0.4, -0.2) is 37.2 Å². The molecule has 0 spiro atoms. The van der Waals surface area contributed by atoms with Crippen molar-refractivity contribution in [1.29, 1.82) is 0 Å². The Kier molecular flexibility index (Phi) is 5.22. The van der Waals surface area contributed by atoms with E-state index in [1.165, 1.54) is 18.5 Å². The van der Waals surface area contributed by atoms with Crippen molar-refractivity contribution < 1.29 is 14.5 Å². The largest absolute Gasteiger partial charge is 0.467 e. The maximum Gasteiger partial charge on any atom is 0.271 e. The molecule has 0 radical (unpaired) electrons. The lowest BCUT2D eigenvalue weighted by molar-refractivity contribution is -0.384. The molecular formula is C19H13ClN6O4. The number of para-hydroxylation sites is 1. The molecule has 4 aromatic rings. The van der Waals surface area contributed by atoms with Crippen molar-refractivity contribution >= 4 is 39.9 Å². The summed E-state index contributed by atoms with van der Waals surface area (Å²) in [7, 11) is 0. The van der Waals surface area contributed by atoms with E-state index in [0.29, 0.717) is 11.0 Å². The van der Waals surface area contributed by atoms with E-state index in [-0.39, 0.29) is 28.9 Å². The summed E-state index contributed by atoms with van der Waals surface area (Å²) in [6.07, 6.45) is 2.88. The molecule has 10 nitrogen and oxygen atoms in total. The Morgan fingerprint density at radius 1 is 1.20 bits per heavy atom. The summed E-state index contributed by atoms with van der Waals surface area (Å²) in [6.45, 7) is -0.351. The van der Waals surface area contributed by atoms with Crippen LogP contribution in [0.4, 0.5) is 11.4 Å². The zero-order valence-electron chi connectivity index (χ0n) is 15.2. The third-order valence-corrected chi connectivity index (χ3v) is 4.42. The molecule has 0 bridgehead atoms. The Morgan fingerprint density at radius 3 is 2.73 bits per heavy atom. The lowest BCUT2D eigenvalue weighted by Gasteiger charge is -2.09. The second-order valence-corrected chi connectivity index (χ2v) is 6.47. The number of nitro groups is 1. The molecule has 0 fully saturated rings. The Hall–Kier alpha value is -4.05. The molecule has 150 valence electrons. The predicted octanol–water partition coefficient (Wildman–Crippen LogP) is 3.39. The van der Waals surface area contributed by atoms with Gasteiger partial charge in [0.2, 0.25) is 5.88 Å². The van der Waals surface area contributed by atoms with Gasteiger partial charge < -0.3 is 10.1 Å². The molecule has 0 saturated carbocycles. The number of nitro benzene ring substituents is 1. The maximum absolute atomic E-state index is 12.2. The quantitative estimate of drug-likeness (QED) is 0.371. The standard InChI is InChI=1S/C19H13ClN6O4/c20-15-8-13(26(28)29)6-7-16(15)24-17(27)10-30-19-14-9-23-25(18(14)21-11-22-19)12-4-2-1-3-5-12/h1-9,11H,10H2,(H,24,27). The number of anilines is 1. The number of halogens is 1. The highest BCUT2D eigenvalue weighted by Crippen LogP contribution is 2.27. The second kappa shape index (κ2) is 8.13. The monoisotopic (exact) mass is 424 g/mol. The van der Waals surface area contributed by atoms with E-state index in [2.05, 4.69) is 20.4 Å². The van der Waals surface area contributed by atoms with Crippen molar-refractivity contribution in [3.8, 4) is 11.6 Å². The van der Waals surface area contributed by atoms with E-state index in [1.807, 2.05) is 30.3 Å². The van der Waals surface area contributed by atoms with Crippen LogP contribution in [0.15, 0.2) is 61.1 Å². The summed E-state index contributed by atoms with van der Waals surface area (Å²) in [5, 5.41) is 18.2. The molecule has 0 atom stereocenters. The number of fused-ring (bicyclic) bond motifs is 1. The van der Waals surface area contributed by atoms with Crippen LogP contribution in [0.3, 0.4) is 0 Å². The van der Waals surface area contributed by atoms with Gasteiger partial charge in [0, 0.05) is 12.1 Å². The number of hydrogen-bond acceptors (Lipinski definition) is 7. The van der Waals surface area contributed by atoms with Gasteiger partial charge in [-0.2, -0.15) is 5.10 Å². The van der Waals surface area contributed by atoms with Crippen molar-refractivity contribution in [2.24, 2.45) is 0 Å². The van der Waals surface area contributed by atoms with Gasteiger partial charge in [0.15, 0.2) is 12.3 Å². The molecule has 11 heteroatoms. The van der Waals surface area contributed by atoms with Crippen molar-refractivity contribution in [2.45, 2.75) is 0 Å². The molecule has 0 aliphatic carbocycles. The molecule has 4 rings (SSSR count). The van der Waals surface area contributed by atoms with Gasteiger partial charge in [0.05, 0.1) is 27.5 Å². The molecule has 2 aromatic carbocycles. The van der Waals surface area contributed by atoms with Gasteiger partial charge >= 0.3 is 0 Å². The van der Waals surface area contributed by atoms with Crippen LogP contribution in [-0.2, 0) is 4.79 Å². The van der Waals surface area contributed by atoms with Gasteiger partial charge in [-0.3, -0.25) is 14.9 Å². The number of nitrogens with zero attached hydrogens (tertiary/aromatic N) is 5. The third kappa shape index (κ3) is 3.89. The van der Waals surface area contributed by atoms with E-state index in [1.54, 1.807) is 10.9 Å². The van der Waals surface area contributed by atoms with Crippen LogP contribution in [0.5, 0.6) is 5.88 Å². The number of nitrogens with one attached hydrogen (secondary N) is 1. The molecule has 0 unspecified atom stereocenters. The fraction of sp³-hybridized carbons (Fsp3) is 0.0526. The normalized spacial score (nSPS) is 10.7. The molecule has 2 heterocycles. The topological polar surface area (TPSA) is 125 Å². The van der Waals surface area contributed by atoms with Crippen LogP contribution >= 0.6 is 11.6 Å². The number of non-ortho nitro benzene ring substituents is 1. The first-order valence-corrected chi connectivity index (χ1v) is 9.01. The van der Waals surface area contributed by atoms with Crippen molar-refractivity contribution in [1.82, 2.24) is 19.7 Å².